The highest BCUT2D eigenvalue weighted by Gasteiger charge is 2.39. The first kappa shape index (κ1) is 19.1. The molecular weight excluding hydrogens is 328 g/mol. The minimum Gasteiger partial charge on any atom is -0.487 e. The van der Waals surface area contributed by atoms with Crippen LogP contribution < -0.4 is 9.47 Å². The average Bonchev–Trinajstić information content (AvgIpc) is 2.58. The number of rotatable bonds is 5. The summed E-state index contributed by atoms with van der Waals surface area (Å²) in [6.07, 6.45) is 6.75. The molecule has 26 heavy (non-hydrogen) atoms. The zero-order chi connectivity index (χ0) is 19.1. The molecule has 0 saturated heterocycles. The molecule has 1 aromatic carbocycles. The van der Waals surface area contributed by atoms with E-state index >= 15 is 0 Å². The Morgan fingerprint density at radius 2 is 1.42 bits per heavy atom. The van der Waals surface area contributed by atoms with Crippen LogP contribution >= 0.6 is 0 Å². The molecule has 2 heterocycles. The van der Waals surface area contributed by atoms with E-state index in [-0.39, 0.29) is 12.0 Å². The monoisotopic (exact) mass is 360 g/mol. The number of carboxylic acid groups (broad SMARTS) is 1. The van der Waals surface area contributed by atoms with Gasteiger partial charge in [0.05, 0.1) is 0 Å². The van der Waals surface area contributed by atoms with Crippen LogP contribution in [-0.4, -0.2) is 22.3 Å². The van der Waals surface area contributed by atoms with Crippen molar-refractivity contribution in [2.24, 2.45) is 0 Å². The number of ether oxygens (including phenoxy) is 2. The van der Waals surface area contributed by atoms with Crippen molar-refractivity contribution in [1.82, 2.24) is 0 Å². The number of hydrogen-bond acceptors (Lipinski definition) is 3. The van der Waals surface area contributed by atoms with E-state index in [0.717, 1.165) is 55.6 Å². The third-order valence-corrected chi connectivity index (χ3v) is 6.31. The fourth-order valence-electron chi connectivity index (χ4n) is 4.50. The van der Waals surface area contributed by atoms with E-state index in [2.05, 4.69) is 27.7 Å². The molecule has 2 aliphatic heterocycles. The summed E-state index contributed by atoms with van der Waals surface area (Å²) >= 11 is 0. The Hall–Kier alpha value is -1.71. The van der Waals surface area contributed by atoms with E-state index in [9.17, 15) is 4.79 Å². The zero-order valence-electron chi connectivity index (χ0n) is 16.8. The predicted molar refractivity (Wildman–Crippen MR) is 102 cm³/mol. The Bertz CT molecular complexity index is 724. The topological polar surface area (TPSA) is 55.8 Å². The molecule has 0 aliphatic carbocycles. The van der Waals surface area contributed by atoms with Gasteiger partial charge < -0.3 is 14.6 Å². The van der Waals surface area contributed by atoms with Crippen LogP contribution in [0.25, 0.3) is 0 Å². The van der Waals surface area contributed by atoms with E-state index in [0.29, 0.717) is 6.42 Å². The molecule has 0 aromatic heterocycles. The van der Waals surface area contributed by atoms with E-state index in [4.69, 9.17) is 14.6 Å². The van der Waals surface area contributed by atoms with Gasteiger partial charge in [-0.15, -0.1) is 0 Å². The van der Waals surface area contributed by atoms with Crippen molar-refractivity contribution in [3.63, 3.8) is 0 Å². The summed E-state index contributed by atoms with van der Waals surface area (Å²) in [6.45, 7) is 10.7. The first-order valence-electron chi connectivity index (χ1n) is 9.93. The lowest BCUT2D eigenvalue weighted by Gasteiger charge is -2.42. The molecule has 144 valence electrons. The lowest BCUT2D eigenvalue weighted by Crippen LogP contribution is -2.40. The molecule has 0 amide bonds. The van der Waals surface area contributed by atoms with Crippen LogP contribution in [0.15, 0.2) is 0 Å². The van der Waals surface area contributed by atoms with Crippen molar-refractivity contribution < 1.29 is 19.4 Å². The standard InChI is InChI=1S/C22H32O4/c1-6-10-21(4)11-7-16-17-8-12-22(5,13-9-18(23)24)26-20(17)15(3)14(2)19(16)25-21/h6-13H2,1-5H3,(H,23,24). The quantitative estimate of drug-likeness (QED) is 0.790. The third kappa shape index (κ3) is 3.43. The molecule has 0 saturated carbocycles. The van der Waals surface area contributed by atoms with Gasteiger partial charge >= 0.3 is 5.97 Å². The summed E-state index contributed by atoms with van der Waals surface area (Å²) in [7, 11) is 0. The number of aliphatic carboxylic acids is 1. The second-order valence-corrected chi connectivity index (χ2v) is 8.61. The second kappa shape index (κ2) is 6.79. The molecule has 0 radical (unpaired) electrons. The number of carbonyl (C=O) groups is 1. The Labute approximate surface area is 156 Å². The maximum atomic E-state index is 11.0. The highest BCUT2D eigenvalue weighted by Crippen LogP contribution is 2.48. The van der Waals surface area contributed by atoms with Crippen molar-refractivity contribution in [2.75, 3.05) is 0 Å². The molecule has 4 heteroatoms. The highest BCUT2D eigenvalue weighted by molar-refractivity contribution is 5.67. The molecule has 0 spiro atoms. The minimum atomic E-state index is -0.762. The predicted octanol–water partition coefficient (Wildman–Crippen LogP) is 5.14. The Balaban J connectivity index is 1.96. The van der Waals surface area contributed by atoms with Crippen LogP contribution in [0.3, 0.4) is 0 Å². The van der Waals surface area contributed by atoms with Gasteiger partial charge in [0.15, 0.2) is 0 Å². The molecule has 2 atom stereocenters. The van der Waals surface area contributed by atoms with E-state index in [1.54, 1.807) is 0 Å². The largest absolute Gasteiger partial charge is 0.487 e. The number of benzene rings is 1. The molecular formula is C22H32O4. The molecule has 2 aliphatic rings. The summed E-state index contributed by atoms with van der Waals surface area (Å²) < 4.78 is 13.0. The SMILES string of the molecule is CCCC1(C)CCc2c3c(c(C)c(C)c2O1)OC(C)(CCC(=O)O)CC3. The fraction of sp³-hybridized carbons (Fsp3) is 0.682. The van der Waals surface area contributed by atoms with Crippen molar-refractivity contribution >= 4 is 5.97 Å². The lowest BCUT2D eigenvalue weighted by atomic mass is 9.80. The van der Waals surface area contributed by atoms with Crippen LogP contribution in [0.1, 0.15) is 81.5 Å². The molecule has 0 bridgehead atoms. The van der Waals surface area contributed by atoms with Gasteiger partial charge in [-0.2, -0.15) is 0 Å². The summed E-state index contributed by atoms with van der Waals surface area (Å²) in [5.74, 6) is 1.28. The smallest absolute Gasteiger partial charge is 0.303 e. The Morgan fingerprint density at radius 3 is 1.85 bits per heavy atom. The summed E-state index contributed by atoms with van der Waals surface area (Å²) in [5, 5.41) is 9.03. The second-order valence-electron chi connectivity index (χ2n) is 8.61. The zero-order valence-corrected chi connectivity index (χ0v) is 16.8. The lowest BCUT2D eigenvalue weighted by molar-refractivity contribution is -0.138. The minimum absolute atomic E-state index is 0.0707. The van der Waals surface area contributed by atoms with Gasteiger partial charge in [0.1, 0.15) is 22.7 Å². The molecule has 3 rings (SSSR count). The molecule has 2 unspecified atom stereocenters. The number of fused-ring (bicyclic) bond motifs is 3. The number of carboxylic acids is 1. The molecule has 0 fully saturated rings. The van der Waals surface area contributed by atoms with E-state index in [1.807, 2.05) is 6.92 Å². The van der Waals surface area contributed by atoms with Gasteiger partial charge in [0.2, 0.25) is 0 Å². The summed E-state index contributed by atoms with van der Waals surface area (Å²) in [5.41, 5.74) is 4.44. The van der Waals surface area contributed by atoms with Crippen molar-refractivity contribution in [3.05, 3.63) is 22.3 Å². The van der Waals surface area contributed by atoms with Gasteiger partial charge in [0, 0.05) is 17.5 Å². The molecule has 1 aromatic rings. The normalized spacial score (nSPS) is 27.1. The average molecular weight is 360 g/mol. The van der Waals surface area contributed by atoms with Crippen LogP contribution in [0.5, 0.6) is 11.5 Å². The van der Waals surface area contributed by atoms with E-state index < -0.39 is 11.6 Å². The van der Waals surface area contributed by atoms with Gasteiger partial charge in [0.25, 0.3) is 0 Å². The van der Waals surface area contributed by atoms with Crippen molar-refractivity contribution in [2.45, 2.75) is 97.2 Å². The van der Waals surface area contributed by atoms with Crippen molar-refractivity contribution in [1.29, 1.82) is 0 Å². The molecule has 1 N–H and O–H groups in total. The van der Waals surface area contributed by atoms with Crippen LogP contribution in [0.2, 0.25) is 0 Å². The highest BCUT2D eigenvalue weighted by atomic mass is 16.5. The van der Waals surface area contributed by atoms with Crippen LogP contribution in [0.4, 0.5) is 0 Å². The Kier molecular flexibility index (Phi) is 4.98. The maximum Gasteiger partial charge on any atom is 0.303 e. The maximum absolute atomic E-state index is 11.0. The summed E-state index contributed by atoms with van der Waals surface area (Å²) in [6, 6.07) is 0. The fourth-order valence-corrected chi connectivity index (χ4v) is 4.50. The van der Waals surface area contributed by atoms with Gasteiger partial charge in [-0.05, 0) is 77.3 Å². The van der Waals surface area contributed by atoms with Gasteiger partial charge in [-0.25, -0.2) is 0 Å². The van der Waals surface area contributed by atoms with Crippen LogP contribution in [0, 0.1) is 13.8 Å². The number of hydrogen-bond donors (Lipinski definition) is 1. The molecule has 4 nitrogen and oxygen atoms in total. The van der Waals surface area contributed by atoms with Crippen LogP contribution in [-0.2, 0) is 17.6 Å². The third-order valence-electron chi connectivity index (χ3n) is 6.31. The van der Waals surface area contributed by atoms with Gasteiger partial charge in [-0.1, -0.05) is 13.3 Å². The van der Waals surface area contributed by atoms with Crippen molar-refractivity contribution in [3.8, 4) is 11.5 Å². The first-order chi connectivity index (χ1) is 12.2. The summed E-state index contributed by atoms with van der Waals surface area (Å²) in [4.78, 5) is 11.0. The first-order valence-corrected chi connectivity index (χ1v) is 9.93. The van der Waals surface area contributed by atoms with E-state index in [1.165, 1.54) is 16.7 Å². The van der Waals surface area contributed by atoms with Gasteiger partial charge in [-0.3, -0.25) is 4.79 Å². The Morgan fingerprint density at radius 1 is 0.962 bits per heavy atom.